The van der Waals surface area contributed by atoms with Crippen molar-refractivity contribution in [2.24, 2.45) is 34.5 Å². The van der Waals surface area contributed by atoms with Gasteiger partial charge in [0.15, 0.2) is 0 Å². The van der Waals surface area contributed by atoms with Crippen LogP contribution in [-0.4, -0.2) is 13.1 Å². The molecule has 1 N–H and O–H groups in total. The zero-order valence-electron chi connectivity index (χ0n) is 24.3. The van der Waals surface area contributed by atoms with E-state index in [2.05, 4.69) is 76.0 Å². The molecule has 5 aliphatic rings. The van der Waals surface area contributed by atoms with Crippen molar-refractivity contribution in [2.75, 3.05) is 13.1 Å². The Morgan fingerprint density at radius 2 is 1.84 bits per heavy atom. The van der Waals surface area contributed by atoms with Gasteiger partial charge in [0, 0.05) is 0 Å². The molecule has 1 nitrogen and oxygen atoms in total. The van der Waals surface area contributed by atoms with Gasteiger partial charge in [-0.15, -0.1) is 0 Å². The van der Waals surface area contributed by atoms with Gasteiger partial charge in [0.2, 0.25) is 0 Å². The average Bonchev–Trinajstić information content (AvgIpc) is 3.48. The maximum Gasteiger partial charge on any atom is -0.00227 e. The molecule has 0 spiro atoms. The zero-order valence-corrected chi connectivity index (χ0v) is 24.3. The van der Waals surface area contributed by atoms with Gasteiger partial charge in [-0.3, -0.25) is 0 Å². The Morgan fingerprint density at radius 3 is 2.54 bits per heavy atom. The molecule has 4 fully saturated rings. The largest absolute Gasteiger partial charge is 0.316 e. The van der Waals surface area contributed by atoms with Crippen LogP contribution in [0.1, 0.15) is 121 Å². The topological polar surface area (TPSA) is 12.0 Å². The fraction of sp³-hybridized carbons (Fsp3) is 0.667. The number of allylic oxidation sites excluding steroid dienone is 3. The SMILES string of the molecule is C=Cc1cc(C2CCC3C4CCC5(C)CCCCC5=CC4CCC23C)ccc1/C=C\C.CC1CCNC1. The maximum absolute atomic E-state index is 4.11. The quantitative estimate of drug-likeness (QED) is 0.408. The molecule has 0 aromatic heterocycles. The number of hydrogen-bond acceptors (Lipinski definition) is 1. The Morgan fingerprint density at radius 1 is 0.973 bits per heavy atom. The third kappa shape index (κ3) is 5.32. The molecule has 0 amide bonds. The highest BCUT2D eigenvalue weighted by atomic mass is 14.9. The molecule has 0 radical (unpaired) electrons. The van der Waals surface area contributed by atoms with Crippen LogP contribution < -0.4 is 5.32 Å². The first-order valence-corrected chi connectivity index (χ1v) is 15.7. The predicted octanol–water partition coefficient (Wildman–Crippen LogP) is 9.81. The van der Waals surface area contributed by atoms with Crippen molar-refractivity contribution in [1.29, 1.82) is 0 Å². The Hall–Kier alpha value is -1.60. The first-order chi connectivity index (χ1) is 17.9. The third-order valence-corrected chi connectivity index (χ3v) is 11.5. The van der Waals surface area contributed by atoms with Crippen LogP contribution in [0.15, 0.2) is 42.5 Å². The van der Waals surface area contributed by atoms with Crippen molar-refractivity contribution in [3.63, 3.8) is 0 Å². The van der Waals surface area contributed by atoms with E-state index in [0.717, 1.165) is 23.7 Å². The molecule has 7 unspecified atom stereocenters. The molecule has 1 aliphatic heterocycles. The van der Waals surface area contributed by atoms with Gasteiger partial charge in [0.1, 0.15) is 0 Å². The minimum atomic E-state index is 0.469. The third-order valence-electron chi connectivity index (χ3n) is 11.5. The summed E-state index contributed by atoms with van der Waals surface area (Å²) in [4.78, 5) is 0. The summed E-state index contributed by atoms with van der Waals surface area (Å²) < 4.78 is 0. The highest BCUT2D eigenvalue weighted by Crippen LogP contribution is 2.65. The molecule has 1 saturated heterocycles. The summed E-state index contributed by atoms with van der Waals surface area (Å²) in [5, 5.41) is 3.27. The summed E-state index contributed by atoms with van der Waals surface area (Å²) in [6.07, 6.45) is 24.8. The van der Waals surface area contributed by atoms with Crippen molar-refractivity contribution in [3.8, 4) is 0 Å². The van der Waals surface area contributed by atoms with E-state index in [1.54, 1.807) is 5.56 Å². The van der Waals surface area contributed by atoms with E-state index >= 15 is 0 Å². The smallest absolute Gasteiger partial charge is 0.00227 e. The molecular weight excluding hydrogens is 446 g/mol. The summed E-state index contributed by atoms with van der Waals surface area (Å²) in [7, 11) is 0. The number of fused-ring (bicyclic) bond motifs is 4. The first-order valence-electron chi connectivity index (χ1n) is 15.7. The van der Waals surface area contributed by atoms with Crippen LogP contribution in [0.2, 0.25) is 0 Å². The monoisotopic (exact) mass is 499 g/mol. The van der Waals surface area contributed by atoms with E-state index in [1.165, 1.54) is 94.8 Å². The molecule has 1 heterocycles. The number of rotatable bonds is 3. The van der Waals surface area contributed by atoms with Crippen molar-refractivity contribution in [3.05, 3.63) is 59.2 Å². The summed E-state index contributed by atoms with van der Waals surface area (Å²) in [5.74, 6) is 4.32. The Labute approximate surface area is 228 Å². The van der Waals surface area contributed by atoms with Crippen LogP contribution in [0.25, 0.3) is 12.2 Å². The number of hydrogen-bond donors (Lipinski definition) is 1. The summed E-state index contributed by atoms with van der Waals surface area (Å²) in [6.45, 7) is 16.2. The second-order valence-electron chi connectivity index (χ2n) is 13.8. The summed E-state index contributed by atoms with van der Waals surface area (Å²) in [6, 6.07) is 7.21. The molecule has 3 saturated carbocycles. The molecule has 4 aliphatic carbocycles. The molecule has 202 valence electrons. The number of nitrogens with one attached hydrogen (secondary N) is 1. The van der Waals surface area contributed by atoms with E-state index in [-0.39, 0.29) is 0 Å². The van der Waals surface area contributed by atoms with Crippen LogP contribution in [-0.2, 0) is 0 Å². The second-order valence-corrected chi connectivity index (χ2v) is 13.8. The van der Waals surface area contributed by atoms with Crippen molar-refractivity contribution in [1.82, 2.24) is 5.32 Å². The van der Waals surface area contributed by atoms with Crippen LogP contribution in [0, 0.1) is 34.5 Å². The van der Waals surface area contributed by atoms with Gasteiger partial charge in [0.25, 0.3) is 0 Å². The minimum Gasteiger partial charge on any atom is -0.316 e. The fourth-order valence-electron chi connectivity index (χ4n) is 9.21. The number of benzene rings is 1. The van der Waals surface area contributed by atoms with E-state index in [0.29, 0.717) is 16.7 Å². The van der Waals surface area contributed by atoms with Crippen LogP contribution >= 0.6 is 0 Å². The summed E-state index contributed by atoms with van der Waals surface area (Å²) in [5.41, 5.74) is 7.00. The average molecular weight is 500 g/mol. The van der Waals surface area contributed by atoms with Gasteiger partial charge in [-0.1, -0.05) is 81.8 Å². The minimum absolute atomic E-state index is 0.469. The van der Waals surface area contributed by atoms with Gasteiger partial charge in [0.05, 0.1) is 0 Å². The lowest BCUT2D eigenvalue weighted by Crippen LogP contribution is -2.40. The lowest BCUT2D eigenvalue weighted by atomic mass is 9.56. The molecule has 1 heteroatoms. The highest BCUT2D eigenvalue weighted by Gasteiger charge is 2.54. The lowest BCUT2D eigenvalue weighted by molar-refractivity contribution is 0.0398. The summed E-state index contributed by atoms with van der Waals surface area (Å²) >= 11 is 0. The van der Waals surface area contributed by atoms with E-state index in [4.69, 9.17) is 0 Å². The van der Waals surface area contributed by atoms with Crippen molar-refractivity contribution in [2.45, 2.75) is 104 Å². The predicted molar refractivity (Wildman–Crippen MR) is 162 cm³/mol. The van der Waals surface area contributed by atoms with Crippen LogP contribution in [0.5, 0.6) is 0 Å². The standard InChI is InChI=1S/C31H42.C5H11N/c1-5-9-23-11-12-25(20-22(23)6-2)28-13-14-29-27-16-18-30(3)17-8-7-10-26(30)21-24(27)15-19-31(28,29)4;1-5-2-3-6-4-5/h5-6,9,11-12,20-21,24,27-29H,2,7-8,10,13-19H2,1,3-4H3;5-6H,2-4H2,1H3/b9-5-;. The molecule has 37 heavy (non-hydrogen) atoms. The lowest BCUT2D eigenvalue weighted by Gasteiger charge is -2.48. The molecule has 1 aromatic rings. The van der Waals surface area contributed by atoms with Gasteiger partial charge in [-0.25, -0.2) is 0 Å². The van der Waals surface area contributed by atoms with E-state index < -0.39 is 0 Å². The van der Waals surface area contributed by atoms with Gasteiger partial charge in [-0.05, 0) is 141 Å². The van der Waals surface area contributed by atoms with Crippen molar-refractivity contribution < 1.29 is 0 Å². The molecular formula is C36H53N. The second kappa shape index (κ2) is 11.3. The Kier molecular flexibility index (Phi) is 8.21. The Bertz CT molecular complexity index is 1010. The van der Waals surface area contributed by atoms with Crippen LogP contribution in [0.4, 0.5) is 0 Å². The normalized spacial score (nSPS) is 39.0. The van der Waals surface area contributed by atoms with Crippen LogP contribution in [0.3, 0.4) is 0 Å². The molecule has 1 aromatic carbocycles. The van der Waals surface area contributed by atoms with Gasteiger partial charge < -0.3 is 5.32 Å². The first kappa shape index (κ1) is 27.0. The maximum atomic E-state index is 4.11. The van der Waals surface area contributed by atoms with E-state index in [9.17, 15) is 0 Å². The molecule has 7 atom stereocenters. The Balaban J connectivity index is 0.000000412. The van der Waals surface area contributed by atoms with Crippen molar-refractivity contribution >= 4 is 12.2 Å². The zero-order chi connectivity index (χ0) is 26.0. The van der Waals surface area contributed by atoms with Gasteiger partial charge >= 0.3 is 0 Å². The highest BCUT2D eigenvalue weighted by molar-refractivity contribution is 5.65. The fourth-order valence-corrected chi connectivity index (χ4v) is 9.21. The van der Waals surface area contributed by atoms with E-state index in [1.807, 2.05) is 11.6 Å². The molecule has 6 rings (SSSR count). The molecule has 0 bridgehead atoms. The van der Waals surface area contributed by atoms with Gasteiger partial charge in [-0.2, -0.15) is 0 Å².